The van der Waals surface area contributed by atoms with E-state index in [4.69, 9.17) is 4.74 Å². The van der Waals surface area contributed by atoms with Gasteiger partial charge >= 0.3 is 0 Å². The monoisotopic (exact) mass is 196 g/mol. The van der Waals surface area contributed by atoms with Crippen LogP contribution in [0.4, 0.5) is 0 Å². The summed E-state index contributed by atoms with van der Waals surface area (Å²) in [5, 5.41) is 7.53. The summed E-state index contributed by atoms with van der Waals surface area (Å²) in [6, 6.07) is 0. The zero-order valence-electron chi connectivity index (χ0n) is 8.66. The standard InChI is InChI=1S/C9H16N4O/c1-9(5-14-6-9)4-10-3-8-11-7-13(2)12-8/h7,10H,3-6H2,1-2H3. The van der Waals surface area contributed by atoms with Crippen LogP contribution in [0.2, 0.25) is 0 Å². The Morgan fingerprint density at radius 3 is 2.93 bits per heavy atom. The first kappa shape index (κ1) is 9.61. The minimum atomic E-state index is 0.314. The predicted molar refractivity (Wildman–Crippen MR) is 51.6 cm³/mol. The summed E-state index contributed by atoms with van der Waals surface area (Å²) >= 11 is 0. The normalized spacial score (nSPS) is 19.3. The first-order valence-corrected chi connectivity index (χ1v) is 4.81. The van der Waals surface area contributed by atoms with E-state index in [1.54, 1.807) is 11.0 Å². The third-order valence-corrected chi connectivity index (χ3v) is 2.38. The summed E-state index contributed by atoms with van der Waals surface area (Å²) < 4.78 is 6.88. The number of hydrogen-bond acceptors (Lipinski definition) is 4. The highest BCUT2D eigenvalue weighted by atomic mass is 16.5. The van der Waals surface area contributed by atoms with Crippen LogP contribution in [0.15, 0.2) is 6.33 Å². The second kappa shape index (κ2) is 3.67. The highest BCUT2D eigenvalue weighted by Crippen LogP contribution is 2.24. The molecule has 2 rings (SSSR count). The molecule has 5 heteroatoms. The van der Waals surface area contributed by atoms with Crippen molar-refractivity contribution in [3.8, 4) is 0 Å². The van der Waals surface area contributed by atoms with Gasteiger partial charge in [-0.15, -0.1) is 0 Å². The number of aryl methyl sites for hydroxylation is 1. The second-order valence-corrected chi connectivity index (χ2v) is 4.24. The highest BCUT2D eigenvalue weighted by Gasteiger charge is 2.32. The van der Waals surface area contributed by atoms with E-state index in [0.717, 1.165) is 32.1 Å². The third-order valence-electron chi connectivity index (χ3n) is 2.38. The first-order valence-electron chi connectivity index (χ1n) is 4.81. The van der Waals surface area contributed by atoms with Crippen molar-refractivity contribution in [3.63, 3.8) is 0 Å². The molecule has 1 aromatic rings. The maximum Gasteiger partial charge on any atom is 0.164 e. The Hall–Kier alpha value is -0.940. The van der Waals surface area contributed by atoms with E-state index in [1.165, 1.54) is 0 Å². The lowest BCUT2D eigenvalue weighted by Crippen LogP contribution is -2.47. The van der Waals surface area contributed by atoms with Crippen molar-refractivity contribution >= 4 is 0 Å². The van der Waals surface area contributed by atoms with Crippen LogP contribution in [0.1, 0.15) is 12.7 Å². The van der Waals surface area contributed by atoms with E-state index in [1.807, 2.05) is 7.05 Å². The van der Waals surface area contributed by atoms with Gasteiger partial charge < -0.3 is 10.1 Å². The average molecular weight is 196 g/mol. The zero-order chi connectivity index (χ0) is 10.0. The van der Waals surface area contributed by atoms with Crippen molar-refractivity contribution in [2.75, 3.05) is 19.8 Å². The molecule has 0 amide bonds. The summed E-state index contributed by atoms with van der Waals surface area (Å²) in [5.41, 5.74) is 0.314. The maximum atomic E-state index is 5.17. The van der Waals surface area contributed by atoms with E-state index in [0.29, 0.717) is 5.41 Å². The molecule has 78 valence electrons. The van der Waals surface area contributed by atoms with Gasteiger partial charge in [-0.1, -0.05) is 6.92 Å². The Bertz CT molecular complexity index is 306. The topological polar surface area (TPSA) is 52.0 Å². The summed E-state index contributed by atoms with van der Waals surface area (Å²) in [6.07, 6.45) is 1.71. The SMILES string of the molecule is Cn1cnc(CNCC2(C)COC2)n1. The molecule has 1 N–H and O–H groups in total. The number of rotatable bonds is 4. The molecular formula is C9H16N4O. The van der Waals surface area contributed by atoms with Gasteiger partial charge in [0, 0.05) is 19.0 Å². The molecule has 5 nitrogen and oxygen atoms in total. The molecule has 1 aliphatic heterocycles. The Morgan fingerprint density at radius 1 is 1.64 bits per heavy atom. The fourth-order valence-corrected chi connectivity index (χ4v) is 1.49. The molecule has 0 unspecified atom stereocenters. The largest absolute Gasteiger partial charge is 0.380 e. The van der Waals surface area contributed by atoms with Gasteiger partial charge in [0.1, 0.15) is 6.33 Å². The average Bonchev–Trinajstić information content (AvgIpc) is 2.49. The second-order valence-electron chi connectivity index (χ2n) is 4.24. The van der Waals surface area contributed by atoms with Crippen LogP contribution in [0.5, 0.6) is 0 Å². The fourth-order valence-electron chi connectivity index (χ4n) is 1.49. The Labute approximate surface area is 83.5 Å². The zero-order valence-corrected chi connectivity index (χ0v) is 8.66. The van der Waals surface area contributed by atoms with Gasteiger partial charge in [0.05, 0.1) is 19.8 Å². The summed E-state index contributed by atoms with van der Waals surface area (Å²) in [4.78, 5) is 4.14. The van der Waals surface area contributed by atoms with E-state index < -0.39 is 0 Å². The van der Waals surface area contributed by atoms with Crippen molar-refractivity contribution in [3.05, 3.63) is 12.2 Å². The van der Waals surface area contributed by atoms with Crippen LogP contribution in [0, 0.1) is 5.41 Å². The van der Waals surface area contributed by atoms with Gasteiger partial charge in [-0.05, 0) is 0 Å². The first-order chi connectivity index (χ1) is 6.68. The summed E-state index contributed by atoms with van der Waals surface area (Å²) in [5.74, 6) is 0.844. The molecule has 0 aliphatic carbocycles. The highest BCUT2D eigenvalue weighted by molar-refractivity contribution is 4.85. The Morgan fingerprint density at radius 2 is 2.43 bits per heavy atom. The summed E-state index contributed by atoms with van der Waals surface area (Å²) in [7, 11) is 1.87. The van der Waals surface area contributed by atoms with Crippen molar-refractivity contribution in [2.45, 2.75) is 13.5 Å². The molecule has 0 saturated carbocycles. The number of hydrogen-bond donors (Lipinski definition) is 1. The number of nitrogens with zero attached hydrogens (tertiary/aromatic N) is 3. The van der Waals surface area contributed by atoms with Gasteiger partial charge in [0.15, 0.2) is 5.82 Å². The predicted octanol–water partition coefficient (Wildman–Crippen LogP) is -0.0588. The van der Waals surface area contributed by atoms with Crippen LogP contribution in [0.25, 0.3) is 0 Å². The molecule has 14 heavy (non-hydrogen) atoms. The molecule has 0 atom stereocenters. The van der Waals surface area contributed by atoms with Crippen molar-refractivity contribution in [1.82, 2.24) is 20.1 Å². The third kappa shape index (κ3) is 2.10. The van der Waals surface area contributed by atoms with Gasteiger partial charge in [-0.25, -0.2) is 4.98 Å². The molecule has 2 heterocycles. The maximum absolute atomic E-state index is 5.17. The smallest absolute Gasteiger partial charge is 0.164 e. The van der Waals surface area contributed by atoms with Crippen LogP contribution < -0.4 is 5.32 Å². The molecule has 1 saturated heterocycles. The molecular weight excluding hydrogens is 180 g/mol. The lowest BCUT2D eigenvalue weighted by molar-refractivity contribution is -0.0992. The number of aromatic nitrogens is 3. The Kier molecular flexibility index (Phi) is 2.52. The minimum Gasteiger partial charge on any atom is -0.380 e. The van der Waals surface area contributed by atoms with Gasteiger partial charge in [-0.3, -0.25) is 4.68 Å². The molecule has 0 aromatic carbocycles. The lowest BCUT2D eigenvalue weighted by atomic mass is 9.89. The Balaban J connectivity index is 1.72. The van der Waals surface area contributed by atoms with Crippen LogP contribution in [-0.2, 0) is 18.3 Å². The van der Waals surface area contributed by atoms with Crippen LogP contribution in [-0.4, -0.2) is 34.5 Å². The van der Waals surface area contributed by atoms with Crippen LogP contribution in [0.3, 0.4) is 0 Å². The molecule has 1 aliphatic rings. The van der Waals surface area contributed by atoms with E-state index in [-0.39, 0.29) is 0 Å². The molecule has 1 fully saturated rings. The molecule has 0 radical (unpaired) electrons. The van der Waals surface area contributed by atoms with E-state index in [2.05, 4.69) is 22.3 Å². The van der Waals surface area contributed by atoms with E-state index >= 15 is 0 Å². The number of nitrogens with one attached hydrogen (secondary N) is 1. The molecule has 0 bridgehead atoms. The van der Waals surface area contributed by atoms with Gasteiger partial charge in [0.2, 0.25) is 0 Å². The fraction of sp³-hybridized carbons (Fsp3) is 0.778. The summed E-state index contributed by atoms with van der Waals surface area (Å²) in [6.45, 7) is 5.63. The lowest BCUT2D eigenvalue weighted by Gasteiger charge is -2.38. The van der Waals surface area contributed by atoms with Gasteiger partial charge in [-0.2, -0.15) is 5.10 Å². The number of ether oxygens (including phenoxy) is 1. The molecule has 1 aromatic heterocycles. The molecule has 0 spiro atoms. The van der Waals surface area contributed by atoms with E-state index in [9.17, 15) is 0 Å². The van der Waals surface area contributed by atoms with Crippen molar-refractivity contribution < 1.29 is 4.74 Å². The quantitative estimate of drug-likeness (QED) is 0.733. The van der Waals surface area contributed by atoms with Crippen molar-refractivity contribution in [1.29, 1.82) is 0 Å². The van der Waals surface area contributed by atoms with Gasteiger partial charge in [0.25, 0.3) is 0 Å². The van der Waals surface area contributed by atoms with Crippen molar-refractivity contribution in [2.24, 2.45) is 12.5 Å². The van der Waals surface area contributed by atoms with Crippen LogP contribution >= 0.6 is 0 Å². The minimum absolute atomic E-state index is 0.314.